The van der Waals surface area contributed by atoms with E-state index in [-0.39, 0.29) is 29.3 Å². The molecule has 0 aliphatic heterocycles. The highest BCUT2D eigenvalue weighted by Gasteiger charge is 2.29. The Balaban J connectivity index is 1.98. The van der Waals surface area contributed by atoms with E-state index in [0.29, 0.717) is 32.3 Å². The molecule has 0 atom stereocenters. The maximum absolute atomic E-state index is 14.0. The van der Waals surface area contributed by atoms with Gasteiger partial charge < -0.3 is 9.47 Å². The van der Waals surface area contributed by atoms with Crippen molar-refractivity contribution in [3.8, 4) is 5.75 Å². The molecule has 0 heterocycles. The Morgan fingerprint density at radius 3 is 2.35 bits per heavy atom. The third-order valence-corrected chi connectivity index (χ3v) is 4.01. The summed E-state index contributed by atoms with van der Waals surface area (Å²) in [5, 5.41) is 0. The number of Topliss-reactive ketones (excluding diaryl/α,β-unsaturated/α-hetero) is 1. The summed E-state index contributed by atoms with van der Waals surface area (Å²) in [6, 6.07) is 2.49. The molecule has 0 bridgehead atoms. The molecular formula is C17H20F2O4. The van der Waals surface area contributed by atoms with E-state index >= 15 is 0 Å². The monoisotopic (exact) mass is 326 g/mol. The lowest BCUT2D eigenvalue weighted by atomic mass is 9.87. The minimum absolute atomic E-state index is 0.156. The first-order valence-corrected chi connectivity index (χ1v) is 7.76. The molecule has 23 heavy (non-hydrogen) atoms. The molecule has 4 nitrogen and oxygen atoms in total. The van der Waals surface area contributed by atoms with Crippen molar-refractivity contribution in [3.63, 3.8) is 0 Å². The number of halogens is 2. The van der Waals surface area contributed by atoms with Gasteiger partial charge in [0.1, 0.15) is 0 Å². The highest BCUT2D eigenvalue weighted by molar-refractivity contribution is 5.94. The van der Waals surface area contributed by atoms with E-state index in [0.717, 1.165) is 0 Å². The maximum atomic E-state index is 14.0. The Kier molecular flexibility index (Phi) is 5.69. The zero-order valence-electron chi connectivity index (χ0n) is 13.2. The molecule has 0 spiro atoms. The van der Waals surface area contributed by atoms with Crippen LogP contribution in [0.15, 0.2) is 12.1 Å². The van der Waals surface area contributed by atoms with Crippen LogP contribution in [-0.4, -0.2) is 24.5 Å². The number of hydrogen-bond donors (Lipinski definition) is 0. The molecule has 126 valence electrons. The van der Waals surface area contributed by atoms with E-state index in [1.54, 1.807) is 6.92 Å². The van der Waals surface area contributed by atoms with Crippen LogP contribution in [0.4, 0.5) is 8.78 Å². The van der Waals surface area contributed by atoms with Crippen LogP contribution in [-0.2, 0) is 9.53 Å². The van der Waals surface area contributed by atoms with Gasteiger partial charge in [0.05, 0.1) is 24.2 Å². The normalized spacial score (nSPS) is 20.9. The Morgan fingerprint density at radius 1 is 1.13 bits per heavy atom. The van der Waals surface area contributed by atoms with Crippen molar-refractivity contribution < 1.29 is 27.8 Å². The Hall–Kier alpha value is -1.98. The Bertz CT molecular complexity index is 593. The molecule has 1 saturated carbocycles. The van der Waals surface area contributed by atoms with E-state index < -0.39 is 17.4 Å². The minimum atomic E-state index is -1.18. The summed E-state index contributed by atoms with van der Waals surface area (Å²) in [4.78, 5) is 22.8. The summed E-state index contributed by atoms with van der Waals surface area (Å²) >= 11 is 0. The standard InChI is InChI=1S/C17H20F2O4/c1-3-22-17(21)11-4-6-12(7-5-11)23-14-9-8-13(10(2)20)15(18)16(14)19/h8-9,11-12H,3-7H2,1-2H3. The molecule has 1 aliphatic rings. The minimum Gasteiger partial charge on any atom is -0.487 e. The SMILES string of the molecule is CCOC(=O)C1CCC(Oc2ccc(C(C)=O)c(F)c2F)CC1. The van der Waals surface area contributed by atoms with Crippen molar-refractivity contribution in [3.05, 3.63) is 29.3 Å². The molecule has 1 aromatic rings. The Labute approximate surface area is 133 Å². The zero-order valence-corrected chi connectivity index (χ0v) is 13.2. The van der Waals surface area contributed by atoms with E-state index in [4.69, 9.17) is 9.47 Å². The van der Waals surface area contributed by atoms with E-state index in [1.165, 1.54) is 19.1 Å². The number of carbonyl (C=O) groups is 2. The average molecular weight is 326 g/mol. The van der Waals surface area contributed by atoms with E-state index in [1.807, 2.05) is 0 Å². The van der Waals surface area contributed by atoms with Crippen LogP contribution in [0, 0.1) is 17.6 Å². The van der Waals surface area contributed by atoms with Crippen LogP contribution < -0.4 is 4.74 Å². The van der Waals surface area contributed by atoms with Crippen molar-refractivity contribution >= 4 is 11.8 Å². The number of benzene rings is 1. The van der Waals surface area contributed by atoms with Crippen molar-refractivity contribution in [2.24, 2.45) is 5.92 Å². The van der Waals surface area contributed by atoms with Gasteiger partial charge in [-0.1, -0.05) is 0 Å². The van der Waals surface area contributed by atoms with Crippen LogP contribution in [0.25, 0.3) is 0 Å². The smallest absolute Gasteiger partial charge is 0.308 e. The summed E-state index contributed by atoms with van der Waals surface area (Å²) in [7, 11) is 0. The molecule has 1 aliphatic carbocycles. The van der Waals surface area contributed by atoms with Crippen LogP contribution in [0.3, 0.4) is 0 Å². The topological polar surface area (TPSA) is 52.6 Å². The number of ketones is 1. The van der Waals surface area contributed by atoms with Gasteiger partial charge in [0, 0.05) is 0 Å². The maximum Gasteiger partial charge on any atom is 0.308 e. The lowest BCUT2D eigenvalue weighted by Gasteiger charge is -2.28. The molecule has 1 fully saturated rings. The predicted octanol–water partition coefficient (Wildman–Crippen LogP) is 3.67. The molecule has 6 heteroatoms. The van der Waals surface area contributed by atoms with Gasteiger partial charge in [-0.2, -0.15) is 4.39 Å². The molecule has 0 radical (unpaired) electrons. The van der Waals surface area contributed by atoms with Crippen LogP contribution >= 0.6 is 0 Å². The van der Waals surface area contributed by atoms with Gasteiger partial charge in [-0.15, -0.1) is 0 Å². The summed E-state index contributed by atoms with van der Waals surface area (Å²) in [5.74, 6) is -3.44. The Morgan fingerprint density at radius 2 is 1.78 bits per heavy atom. The fraction of sp³-hybridized carbons (Fsp3) is 0.529. The van der Waals surface area contributed by atoms with Crippen molar-refractivity contribution in [2.75, 3.05) is 6.61 Å². The van der Waals surface area contributed by atoms with Crippen molar-refractivity contribution in [1.82, 2.24) is 0 Å². The summed E-state index contributed by atoms with van der Waals surface area (Å²) in [6.45, 7) is 3.28. The van der Waals surface area contributed by atoms with Gasteiger partial charge in [-0.05, 0) is 51.7 Å². The van der Waals surface area contributed by atoms with E-state index in [2.05, 4.69) is 0 Å². The van der Waals surface area contributed by atoms with E-state index in [9.17, 15) is 18.4 Å². The first-order chi connectivity index (χ1) is 10.9. The second-order valence-corrected chi connectivity index (χ2v) is 5.64. The van der Waals surface area contributed by atoms with Crippen LogP contribution in [0.1, 0.15) is 49.9 Å². The zero-order chi connectivity index (χ0) is 17.0. The number of carbonyl (C=O) groups excluding carboxylic acids is 2. The van der Waals surface area contributed by atoms with Crippen molar-refractivity contribution in [2.45, 2.75) is 45.6 Å². The van der Waals surface area contributed by atoms with Gasteiger partial charge >= 0.3 is 5.97 Å². The first-order valence-electron chi connectivity index (χ1n) is 7.76. The third-order valence-electron chi connectivity index (χ3n) is 4.01. The summed E-state index contributed by atoms with van der Waals surface area (Å²) < 4.78 is 38.2. The molecule has 0 saturated heterocycles. The second-order valence-electron chi connectivity index (χ2n) is 5.64. The molecule has 1 aromatic carbocycles. The van der Waals surface area contributed by atoms with Gasteiger partial charge in [0.25, 0.3) is 0 Å². The lowest BCUT2D eigenvalue weighted by Crippen LogP contribution is -2.29. The quantitative estimate of drug-likeness (QED) is 0.612. The summed E-state index contributed by atoms with van der Waals surface area (Å²) in [5.41, 5.74) is -0.291. The molecule has 0 aromatic heterocycles. The van der Waals surface area contributed by atoms with Gasteiger partial charge in [-0.25, -0.2) is 4.39 Å². The second kappa shape index (κ2) is 7.53. The lowest BCUT2D eigenvalue weighted by molar-refractivity contribution is -0.149. The predicted molar refractivity (Wildman–Crippen MR) is 79.4 cm³/mol. The molecule has 2 rings (SSSR count). The molecule has 0 amide bonds. The number of esters is 1. The number of ether oxygens (including phenoxy) is 2. The highest BCUT2D eigenvalue weighted by Crippen LogP contribution is 2.30. The van der Waals surface area contributed by atoms with Gasteiger partial charge in [-0.3, -0.25) is 9.59 Å². The fourth-order valence-corrected chi connectivity index (χ4v) is 2.75. The first kappa shape index (κ1) is 17.4. The van der Waals surface area contributed by atoms with Gasteiger partial charge in [0.15, 0.2) is 17.3 Å². The third kappa shape index (κ3) is 4.06. The largest absolute Gasteiger partial charge is 0.487 e. The number of hydrogen-bond acceptors (Lipinski definition) is 4. The van der Waals surface area contributed by atoms with Crippen LogP contribution in [0.5, 0.6) is 5.75 Å². The highest BCUT2D eigenvalue weighted by atomic mass is 19.2. The van der Waals surface area contributed by atoms with Crippen LogP contribution in [0.2, 0.25) is 0 Å². The summed E-state index contributed by atoms with van der Waals surface area (Å²) in [6.07, 6.45) is 2.05. The fourth-order valence-electron chi connectivity index (χ4n) is 2.75. The molecule has 0 N–H and O–H groups in total. The molecule has 0 unspecified atom stereocenters. The average Bonchev–Trinajstić information content (AvgIpc) is 2.52. The number of rotatable bonds is 5. The van der Waals surface area contributed by atoms with Gasteiger partial charge in [0.2, 0.25) is 5.82 Å². The van der Waals surface area contributed by atoms with Crippen molar-refractivity contribution in [1.29, 1.82) is 0 Å². The molecular weight excluding hydrogens is 306 g/mol.